The van der Waals surface area contributed by atoms with Crippen LogP contribution in [0.3, 0.4) is 0 Å². The highest BCUT2D eigenvalue weighted by molar-refractivity contribution is 5.81. The molecule has 6 nitrogen and oxygen atoms in total. The van der Waals surface area contributed by atoms with Gasteiger partial charge >= 0.3 is 5.97 Å². The molecule has 0 heterocycles. The maximum absolute atomic E-state index is 12.0. The average molecular weight is 349 g/mol. The Kier molecular flexibility index (Phi) is 7.10. The first-order chi connectivity index (χ1) is 12.0. The maximum Gasteiger partial charge on any atom is 0.310 e. The normalized spacial score (nSPS) is 19.8. The third-order valence-electron chi connectivity index (χ3n) is 4.62. The van der Waals surface area contributed by atoms with Crippen LogP contribution in [-0.4, -0.2) is 38.7 Å². The van der Waals surface area contributed by atoms with Crippen molar-refractivity contribution in [3.05, 3.63) is 23.8 Å². The summed E-state index contributed by atoms with van der Waals surface area (Å²) < 4.78 is 15.5. The van der Waals surface area contributed by atoms with E-state index in [-0.39, 0.29) is 25.0 Å². The molecule has 1 aromatic rings. The zero-order chi connectivity index (χ0) is 18.2. The molecule has 1 aliphatic rings. The summed E-state index contributed by atoms with van der Waals surface area (Å²) in [4.78, 5) is 23.9. The lowest BCUT2D eigenvalue weighted by Crippen LogP contribution is -2.42. The van der Waals surface area contributed by atoms with Crippen LogP contribution < -0.4 is 14.8 Å². The molecule has 138 valence electrons. The SMILES string of the molecule is COc1ccc(CC(=O)OCC(=O)N[C@@H]2CCCC[C@@H]2C)cc1OC. The molecule has 0 aliphatic heterocycles. The quantitative estimate of drug-likeness (QED) is 0.766. The van der Waals surface area contributed by atoms with Gasteiger partial charge in [-0.25, -0.2) is 0 Å². The fourth-order valence-corrected chi connectivity index (χ4v) is 3.13. The van der Waals surface area contributed by atoms with Crippen LogP contribution in [0.4, 0.5) is 0 Å². The number of rotatable bonds is 7. The third-order valence-corrected chi connectivity index (χ3v) is 4.62. The number of carbonyl (C=O) groups excluding carboxylic acids is 2. The van der Waals surface area contributed by atoms with Crippen molar-refractivity contribution in [1.29, 1.82) is 0 Å². The number of methoxy groups -OCH3 is 2. The molecule has 2 rings (SSSR count). The Morgan fingerprint density at radius 1 is 1.12 bits per heavy atom. The third kappa shape index (κ3) is 5.66. The molecule has 0 saturated heterocycles. The molecule has 6 heteroatoms. The molecule has 0 unspecified atom stereocenters. The molecule has 2 atom stereocenters. The monoisotopic (exact) mass is 349 g/mol. The summed E-state index contributed by atoms with van der Waals surface area (Å²) in [5.41, 5.74) is 0.740. The van der Waals surface area contributed by atoms with Crippen molar-refractivity contribution < 1.29 is 23.8 Å². The molecular weight excluding hydrogens is 322 g/mol. The van der Waals surface area contributed by atoms with Crippen LogP contribution in [-0.2, 0) is 20.7 Å². The molecule has 1 N–H and O–H groups in total. The van der Waals surface area contributed by atoms with Gasteiger partial charge in [0.25, 0.3) is 5.91 Å². The highest BCUT2D eigenvalue weighted by Gasteiger charge is 2.23. The smallest absolute Gasteiger partial charge is 0.310 e. The van der Waals surface area contributed by atoms with Crippen LogP contribution in [0.2, 0.25) is 0 Å². The highest BCUT2D eigenvalue weighted by Crippen LogP contribution is 2.27. The Labute approximate surface area is 148 Å². The molecule has 0 radical (unpaired) electrons. The van der Waals surface area contributed by atoms with Crippen LogP contribution in [0.25, 0.3) is 0 Å². The standard InChI is InChI=1S/C19H27NO5/c1-13-6-4-5-7-15(13)20-18(21)12-25-19(22)11-14-8-9-16(23-2)17(10-14)24-3/h8-10,13,15H,4-7,11-12H2,1-3H3,(H,20,21)/t13-,15+/m0/s1. The van der Waals surface area contributed by atoms with Gasteiger partial charge < -0.3 is 19.5 Å². The Morgan fingerprint density at radius 2 is 1.84 bits per heavy atom. The van der Waals surface area contributed by atoms with Gasteiger partial charge in [-0.05, 0) is 36.5 Å². The zero-order valence-corrected chi connectivity index (χ0v) is 15.2. The van der Waals surface area contributed by atoms with Crippen molar-refractivity contribution in [2.75, 3.05) is 20.8 Å². The predicted molar refractivity (Wildman–Crippen MR) is 93.8 cm³/mol. The predicted octanol–water partition coefficient (Wildman–Crippen LogP) is 2.48. The number of esters is 1. The average Bonchev–Trinajstić information content (AvgIpc) is 2.62. The van der Waals surface area contributed by atoms with Crippen molar-refractivity contribution >= 4 is 11.9 Å². The van der Waals surface area contributed by atoms with Crippen LogP contribution in [0, 0.1) is 5.92 Å². The summed E-state index contributed by atoms with van der Waals surface area (Å²) in [5.74, 6) is 0.941. The first-order valence-corrected chi connectivity index (χ1v) is 8.69. The largest absolute Gasteiger partial charge is 0.493 e. The van der Waals surface area contributed by atoms with E-state index < -0.39 is 5.97 Å². The zero-order valence-electron chi connectivity index (χ0n) is 15.2. The number of nitrogens with one attached hydrogen (secondary N) is 1. The fraction of sp³-hybridized carbons (Fsp3) is 0.579. The van der Waals surface area contributed by atoms with Gasteiger partial charge in [0.1, 0.15) is 0 Å². The molecule has 1 saturated carbocycles. The molecule has 0 bridgehead atoms. The van der Waals surface area contributed by atoms with Crippen LogP contribution in [0.15, 0.2) is 18.2 Å². The molecule has 1 amide bonds. The lowest BCUT2D eigenvalue weighted by molar-refractivity contribution is -0.148. The highest BCUT2D eigenvalue weighted by atomic mass is 16.5. The first kappa shape index (κ1) is 19.1. The van der Waals surface area contributed by atoms with E-state index in [1.165, 1.54) is 13.5 Å². The molecule has 1 aliphatic carbocycles. The van der Waals surface area contributed by atoms with E-state index in [0.29, 0.717) is 17.4 Å². The summed E-state index contributed by atoms with van der Waals surface area (Å²) in [5, 5.41) is 2.97. The van der Waals surface area contributed by atoms with E-state index >= 15 is 0 Å². The maximum atomic E-state index is 12.0. The summed E-state index contributed by atoms with van der Waals surface area (Å²) in [6, 6.07) is 5.42. The summed E-state index contributed by atoms with van der Waals surface area (Å²) >= 11 is 0. The molecule has 1 aromatic carbocycles. The number of hydrogen-bond acceptors (Lipinski definition) is 5. The lowest BCUT2D eigenvalue weighted by Gasteiger charge is -2.29. The van der Waals surface area contributed by atoms with E-state index in [2.05, 4.69) is 12.2 Å². The van der Waals surface area contributed by atoms with E-state index in [1.807, 2.05) is 0 Å². The van der Waals surface area contributed by atoms with Gasteiger partial charge in [0.2, 0.25) is 0 Å². The number of benzene rings is 1. The molecule has 0 aromatic heterocycles. The van der Waals surface area contributed by atoms with Crippen LogP contribution in [0.1, 0.15) is 38.2 Å². The van der Waals surface area contributed by atoms with E-state index in [1.54, 1.807) is 25.3 Å². The summed E-state index contributed by atoms with van der Waals surface area (Å²) in [6.07, 6.45) is 4.55. The van der Waals surface area contributed by atoms with Gasteiger partial charge in [0, 0.05) is 6.04 Å². The number of amides is 1. The second kappa shape index (κ2) is 9.30. The topological polar surface area (TPSA) is 73.9 Å². The van der Waals surface area contributed by atoms with E-state index in [0.717, 1.165) is 24.8 Å². The lowest BCUT2D eigenvalue weighted by atomic mass is 9.86. The minimum absolute atomic E-state index is 0.0769. The van der Waals surface area contributed by atoms with Gasteiger partial charge in [-0.3, -0.25) is 9.59 Å². The van der Waals surface area contributed by atoms with Gasteiger partial charge in [-0.15, -0.1) is 0 Å². The Bertz CT molecular complexity index is 601. The Hall–Kier alpha value is -2.24. The van der Waals surface area contributed by atoms with Crippen molar-refractivity contribution in [3.63, 3.8) is 0 Å². The van der Waals surface area contributed by atoms with Crippen molar-refractivity contribution in [3.8, 4) is 11.5 Å². The van der Waals surface area contributed by atoms with Crippen molar-refractivity contribution in [2.24, 2.45) is 5.92 Å². The Balaban J connectivity index is 1.79. The van der Waals surface area contributed by atoms with E-state index in [9.17, 15) is 9.59 Å². The van der Waals surface area contributed by atoms with Crippen molar-refractivity contribution in [2.45, 2.75) is 45.1 Å². The second-order valence-corrected chi connectivity index (χ2v) is 6.46. The Morgan fingerprint density at radius 3 is 2.52 bits per heavy atom. The first-order valence-electron chi connectivity index (χ1n) is 8.69. The van der Waals surface area contributed by atoms with Gasteiger partial charge in [0.05, 0.1) is 20.6 Å². The summed E-state index contributed by atoms with van der Waals surface area (Å²) in [7, 11) is 3.09. The van der Waals surface area contributed by atoms with Gasteiger partial charge in [-0.2, -0.15) is 0 Å². The fourth-order valence-electron chi connectivity index (χ4n) is 3.13. The minimum atomic E-state index is -0.445. The second-order valence-electron chi connectivity index (χ2n) is 6.46. The van der Waals surface area contributed by atoms with Gasteiger partial charge in [-0.1, -0.05) is 25.8 Å². The number of hydrogen-bond donors (Lipinski definition) is 1. The van der Waals surface area contributed by atoms with Crippen molar-refractivity contribution in [1.82, 2.24) is 5.32 Å². The number of carbonyl (C=O) groups is 2. The minimum Gasteiger partial charge on any atom is -0.493 e. The van der Waals surface area contributed by atoms with Gasteiger partial charge in [0.15, 0.2) is 18.1 Å². The molecule has 25 heavy (non-hydrogen) atoms. The summed E-state index contributed by atoms with van der Waals surface area (Å²) in [6.45, 7) is 1.91. The molecular formula is C19H27NO5. The number of ether oxygens (including phenoxy) is 3. The molecule has 1 fully saturated rings. The van der Waals surface area contributed by atoms with Crippen LogP contribution >= 0.6 is 0 Å². The van der Waals surface area contributed by atoms with E-state index in [4.69, 9.17) is 14.2 Å². The molecule has 0 spiro atoms. The van der Waals surface area contributed by atoms with Crippen LogP contribution in [0.5, 0.6) is 11.5 Å².